The number of fused-ring (bicyclic) bond motifs is 2. The third-order valence-electron chi connectivity index (χ3n) is 3.80. The Morgan fingerprint density at radius 2 is 1.54 bits per heavy atom. The number of aromatic nitrogens is 5. The predicted molar refractivity (Wildman–Crippen MR) is 111 cm³/mol. The minimum absolute atomic E-state index is 0.894. The number of aryl methyl sites for hydroxylation is 4. The van der Waals surface area contributed by atoms with Gasteiger partial charge in [-0.15, -0.1) is 10.2 Å². The summed E-state index contributed by atoms with van der Waals surface area (Å²) in [4.78, 5) is 0. The Kier molecular flexibility index (Phi) is 8.49. The minimum atomic E-state index is 0.894. The zero-order valence-electron chi connectivity index (χ0n) is 17.3. The van der Waals surface area contributed by atoms with Crippen molar-refractivity contribution in [3.63, 3.8) is 0 Å². The summed E-state index contributed by atoms with van der Waals surface area (Å²) in [5.74, 6) is 0. The molecule has 3 aromatic heterocycles. The number of benzene rings is 1. The average Bonchev–Trinajstić information content (AvgIpc) is 3.26. The molecule has 0 saturated carbocycles. The lowest BCUT2D eigenvalue weighted by Gasteiger charge is -2.00. The molecule has 5 heteroatoms. The second kappa shape index (κ2) is 10.3. The Balaban J connectivity index is 0.000000221. The Bertz CT molecular complexity index is 934. The highest BCUT2D eigenvalue weighted by Crippen LogP contribution is 2.17. The summed E-state index contributed by atoms with van der Waals surface area (Å²) in [6.45, 7) is 14.3. The van der Waals surface area contributed by atoms with Crippen molar-refractivity contribution in [2.45, 2.75) is 48.5 Å². The molecule has 0 radical (unpaired) electrons. The molecule has 0 atom stereocenters. The highest BCUT2D eigenvalue weighted by atomic mass is 15.2. The molecule has 5 nitrogen and oxygen atoms in total. The quantitative estimate of drug-likeness (QED) is 0.432. The molecule has 140 valence electrons. The van der Waals surface area contributed by atoms with Gasteiger partial charge in [0.15, 0.2) is 5.65 Å². The van der Waals surface area contributed by atoms with Gasteiger partial charge < -0.3 is 0 Å². The molecule has 0 saturated heterocycles. The monoisotopic (exact) mass is 353 g/mol. The fourth-order valence-corrected chi connectivity index (χ4v) is 2.36. The molecule has 0 aliphatic carbocycles. The normalized spacial score (nSPS) is 9.54. The van der Waals surface area contributed by atoms with Gasteiger partial charge in [-0.25, -0.2) is 0 Å². The molecule has 0 spiro atoms. The van der Waals surface area contributed by atoms with Crippen LogP contribution in [0.1, 0.15) is 44.4 Å². The number of nitrogens with zero attached hydrogens (tertiary/aromatic N) is 5. The Morgan fingerprint density at radius 1 is 0.885 bits per heavy atom. The largest absolute Gasteiger partial charge is 0.289 e. The zero-order chi connectivity index (χ0) is 19.7. The van der Waals surface area contributed by atoms with Gasteiger partial charge in [0.05, 0.1) is 11.7 Å². The highest BCUT2D eigenvalue weighted by molar-refractivity contribution is 5.80. The van der Waals surface area contributed by atoms with E-state index in [-0.39, 0.29) is 0 Å². The summed E-state index contributed by atoms with van der Waals surface area (Å²) in [5.41, 5.74) is 5.97. The lowest BCUT2D eigenvalue weighted by atomic mass is 10.1. The predicted octanol–water partition coefficient (Wildman–Crippen LogP) is 5.28. The molecular weight excluding hydrogens is 322 g/mol. The molecule has 0 fully saturated rings. The van der Waals surface area contributed by atoms with E-state index in [2.05, 4.69) is 41.3 Å². The molecular formula is C21H31N5. The van der Waals surface area contributed by atoms with E-state index in [9.17, 15) is 0 Å². The van der Waals surface area contributed by atoms with E-state index in [1.165, 1.54) is 27.6 Å². The van der Waals surface area contributed by atoms with Gasteiger partial charge in [-0.05, 0) is 55.7 Å². The van der Waals surface area contributed by atoms with Gasteiger partial charge in [0.25, 0.3) is 0 Å². The third-order valence-corrected chi connectivity index (χ3v) is 3.80. The van der Waals surface area contributed by atoms with Crippen LogP contribution in [0.3, 0.4) is 0 Å². The van der Waals surface area contributed by atoms with E-state index in [4.69, 9.17) is 0 Å². The summed E-state index contributed by atoms with van der Waals surface area (Å²) in [6.07, 6.45) is 5.60. The molecule has 3 heterocycles. The van der Waals surface area contributed by atoms with Crippen LogP contribution in [0.5, 0.6) is 0 Å². The van der Waals surface area contributed by atoms with Gasteiger partial charge in [-0.2, -0.15) is 5.10 Å². The first-order valence-corrected chi connectivity index (χ1v) is 9.19. The van der Waals surface area contributed by atoms with Crippen LogP contribution in [-0.2, 0) is 7.05 Å². The van der Waals surface area contributed by atoms with Crippen molar-refractivity contribution in [1.82, 2.24) is 24.4 Å². The second-order valence-electron chi connectivity index (χ2n) is 5.57. The highest BCUT2D eigenvalue weighted by Gasteiger charge is 2.00. The van der Waals surface area contributed by atoms with Crippen LogP contribution < -0.4 is 0 Å². The molecule has 0 bridgehead atoms. The maximum absolute atomic E-state index is 4.19. The molecule has 0 aliphatic heterocycles. The zero-order valence-corrected chi connectivity index (χ0v) is 17.3. The van der Waals surface area contributed by atoms with Crippen molar-refractivity contribution in [3.05, 3.63) is 59.7 Å². The fourth-order valence-electron chi connectivity index (χ4n) is 2.36. The van der Waals surface area contributed by atoms with Crippen LogP contribution in [-0.4, -0.2) is 24.4 Å². The molecule has 0 aliphatic rings. The average molecular weight is 354 g/mol. The molecule has 0 N–H and O–H groups in total. The lowest BCUT2D eigenvalue weighted by molar-refractivity contribution is 0.796. The minimum Gasteiger partial charge on any atom is -0.289 e. The number of hydrogen-bond donors (Lipinski definition) is 0. The van der Waals surface area contributed by atoms with Crippen molar-refractivity contribution in [2.75, 3.05) is 0 Å². The van der Waals surface area contributed by atoms with Gasteiger partial charge in [0.1, 0.15) is 6.33 Å². The second-order valence-corrected chi connectivity index (χ2v) is 5.57. The first kappa shape index (κ1) is 21.4. The standard InChI is InChI=1S/C10H12N2.C7H7N3.2C2H6/c1-7-4-9-6-11-12(3)10(9)5-8(7)2;1-6-2-3-7-9-8-5-10(7)4-6;2*1-2/h4-6H,1-3H3;2-5H,1H3;2*1-2H3. The van der Waals surface area contributed by atoms with E-state index in [1.54, 1.807) is 6.33 Å². The van der Waals surface area contributed by atoms with Crippen molar-refractivity contribution >= 4 is 16.6 Å². The van der Waals surface area contributed by atoms with Gasteiger partial charge >= 0.3 is 0 Å². The third kappa shape index (κ3) is 5.15. The van der Waals surface area contributed by atoms with E-state index >= 15 is 0 Å². The number of pyridine rings is 1. The van der Waals surface area contributed by atoms with Gasteiger partial charge in [0.2, 0.25) is 0 Å². The maximum atomic E-state index is 4.19. The molecule has 1 aromatic carbocycles. The summed E-state index contributed by atoms with van der Waals surface area (Å²) in [5, 5.41) is 13.0. The van der Waals surface area contributed by atoms with Gasteiger partial charge in [-0.3, -0.25) is 9.08 Å². The van der Waals surface area contributed by atoms with Crippen LogP contribution in [0.15, 0.2) is 43.0 Å². The van der Waals surface area contributed by atoms with E-state index < -0.39 is 0 Å². The topological polar surface area (TPSA) is 48.0 Å². The van der Waals surface area contributed by atoms with E-state index in [0.29, 0.717) is 0 Å². The van der Waals surface area contributed by atoms with Gasteiger partial charge in [-0.1, -0.05) is 33.8 Å². The van der Waals surface area contributed by atoms with Crippen LogP contribution in [0.25, 0.3) is 16.6 Å². The first-order valence-electron chi connectivity index (χ1n) is 9.19. The molecule has 0 amide bonds. The van der Waals surface area contributed by atoms with Crippen LogP contribution >= 0.6 is 0 Å². The van der Waals surface area contributed by atoms with Crippen molar-refractivity contribution in [2.24, 2.45) is 7.05 Å². The lowest BCUT2D eigenvalue weighted by Crippen LogP contribution is -1.89. The summed E-state index contributed by atoms with van der Waals surface area (Å²) in [6, 6.07) is 8.32. The number of rotatable bonds is 0. The molecule has 26 heavy (non-hydrogen) atoms. The summed E-state index contributed by atoms with van der Waals surface area (Å²) in [7, 11) is 1.97. The SMILES string of the molecule is CC.CC.Cc1cc2cnn(C)c2cc1C.Cc1ccc2nncn2c1. The van der Waals surface area contributed by atoms with E-state index in [1.807, 2.05) is 75.3 Å². The molecule has 4 rings (SSSR count). The van der Waals surface area contributed by atoms with Crippen molar-refractivity contribution < 1.29 is 0 Å². The Morgan fingerprint density at radius 3 is 2.23 bits per heavy atom. The first-order chi connectivity index (χ1) is 12.5. The summed E-state index contributed by atoms with van der Waals surface area (Å²) < 4.78 is 3.80. The van der Waals surface area contributed by atoms with Crippen molar-refractivity contribution in [3.8, 4) is 0 Å². The summed E-state index contributed by atoms with van der Waals surface area (Å²) >= 11 is 0. The number of hydrogen-bond acceptors (Lipinski definition) is 3. The van der Waals surface area contributed by atoms with Crippen LogP contribution in [0.4, 0.5) is 0 Å². The fraction of sp³-hybridized carbons (Fsp3) is 0.381. The molecule has 0 unspecified atom stereocenters. The van der Waals surface area contributed by atoms with Crippen LogP contribution in [0, 0.1) is 20.8 Å². The maximum Gasteiger partial charge on any atom is 0.160 e. The smallest absolute Gasteiger partial charge is 0.160 e. The van der Waals surface area contributed by atoms with Crippen LogP contribution in [0.2, 0.25) is 0 Å². The Hall–Kier alpha value is -2.69. The van der Waals surface area contributed by atoms with Crippen molar-refractivity contribution in [1.29, 1.82) is 0 Å². The van der Waals surface area contributed by atoms with E-state index in [0.717, 1.165) is 5.65 Å². The molecule has 4 aromatic rings. The van der Waals surface area contributed by atoms with Gasteiger partial charge in [0, 0.05) is 18.6 Å². The Labute approximate surface area is 156 Å².